The summed E-state index contributed by atoms with van der Waals surface area (Å²) >= 11 is 5.80. The van der Waals surface area contributed by atoms with E-state index in [0.717, 1.165) is 0 Å². The molecule has 1 saturated heterocycles. The molecule has 128 valence electrons. The smallest absolute Gasteiger partial charge is 0.413 e. The van der Waals surface area contributed by atoms with Crippen molar-refractivity contribution in [1.29, 1.82) is 0 Å². The van der Waals surface area contributed by atoms with Crippen LogP contribution in [-0.2, 0) is 9.47 Å². The summed E-state index contributed by atoms with van der Waals surface area (Å²) in [6.45, 7) is 9.79. The fourth-order valence-corrected chi connectivity index (χ4v) is 2.43. The van der Waals surface area contributed by atoms with E-state index < -0.39 is 17.4 Å². The van der Waals surface area contributed by atoms with Gasteiger partial charge >= 0.3 is 6.09 Å². The molecule has 0 bridgehead atoms. The maximum absolute atomic E-state index is 12.5. The zero-order valence-electron chi connectivity index (χ0n) is 14.1. The van der Waals surface area contributed by atoms with Crippen LogP contribution in [0.15, 0.2) is 18.3 Å². The molecular weight excluding hydrogens is 320 g/mol. The normalized spacial score (nSPS) is 20.4. The van der Waals surface area contributed by atoms with Crippen LogP contribution in [0.3, 0.4) is 0 Å². The SMILES string of the molecule is CC(C)(C)OC(=O)N1[C@@H](COc2ccc(Cl)cn2)COC1(C)C. The third kappa shape index (κ3) is 4.72. The lowest BCUT2D eigenvalue weighted by Crippen LogP contribution is -2.51. The lowest BCUT2D eigenvalue weighted by atomic mass is 10.2. The Bertz CT molecular complexity index is 554. The van der Waals surface area contributed by atoms with Crippen molar-refractivity contribution >= 4 is 17.7 Å². The molecule has 0 aromatic carbocycles. The molecule has 1 aromatic rings. The zero-order chi connectivity index (χ0) is 17.3. The maximum Gasteiger partial charge on any atom is 0.413 e. The van der Waals surface area contributed by atoms with Crippen molar-refractivity contribution in [2.45, 2.75) is 52.0 Å². The Kier molecular flexibility index (Phi) is 5.06. The van der Waals surface area contributed by atoms with E-state index in [1.54, 1.807) is 17.0 Å². The standard InChI is InChI=1S/C16H23ClN2O4/c1-15(2,3)23-14(20)19-12(10-22-16(19,4)5)9-21-13-7-6-11(17)8-18-13/h6-8,12H,9-10H2,1-5H3/t12-/m0/s1. The number of amides is 1. The largest absolute Gasteiger partial charge is 0.475 e. The van der Waals surface area contributed by atoms with Crippen LogP contribution in [0.2, 0.25) is 5.02 Å². The highest BCUT2D eigenvalue weighted by Gasteiger charge is 2.46. The molecule has 6 nitrogen and oxygen atoms in total. The van der Waals surface area contributed by atoms with E-state index in [1.165, 1.54) is 6.20 Å². The summed E-state index contributed by atoms with van der Waals surface area (Å²) < 4.78 is 16.8. The van der Waals surface area contributed by atoms with E-state index in [9.17, 15) is 4.79 Å². The molecule has 1 aliphatic heterocycles. The molecule has 0 saturated carbocycles. The van der Waals surface area contributed by atoms with Crippen LogP contribution in [0.25, 0.3) is 0 Å². The fourth-order valence-electron chi connectivity index (χ4n) is 2.32. The van der Waals surface area contributed by atoms with Crippen LogP contribution in [0.4, 0.5) is 4.79 Å². The first-order valence-corrected chi connectivity index (χ1v) is 7.87. The monoisotopic (exact) mass is 342 g/mol. The van der Waals surface area contributed by atoms with Crippen LogP contribution >= 0.6 is 11.6 Å². The number of rotatable bonds is 3. The Morgan fingerprint density at radius 1 is 1.48 bits per heavy atom. The number of nitrogens with zero attached hydrogens (tertiary/aromatic N) is 2. The van der Waals surface area contributed by atoms with Crippen LogP contribution in [-0.4, -0.2) is 46.6 Å². The van der Waals surface area contributed by atoms with Gasteiger partial charge in [0.15, 0.2) is 0 Å². The molecular formula is C16H23ClN2O4. The number of ether oxygens (including phenoxy) is 3. The third-order valence-electron chi connectivity index (χ3n) is 3.29. The van der Waals surface area contributed by atoms with Gasteiger partial charge in [-0.25, -0.2) is 9.78 Å². The van der Waals surface area contributed by atoms with Crippen molar-refractivity contribution in [2.75, 3.05) is 13.2 Å². The van der Waals surface area contributed by atoms with Gasteiger partial charge in [0.1, 0.15) is 17.9 Å². The Hall–Kier alpha value is -1.53. The van der Waals surface area contributed by atoms with E-state index in [-0.39, 0.29) is 12.6 Å². The van der Waals surface area contributed by atoms with Gasteiger partial charge in [-0.2, -0.15) is 0 Å². The molecule has 7 heteroatoms. The first-order chi connectivity index (χ1) is 10.6. The van der Waals surface area contributed by atoms with Gasteiger partial charge in [0, 0.05) is 12.3 Å². The van der Waals surface area contributed by atoms with Gasteiger partial charge in [-0.15, -0.1) is 0 Å². The van der Waals surface area contributed by atoms with Crippen molar-refractivity contribution < 1.29 is 19.0 Å². The van der Waals surface area contributed by atoms with Crippen LogP contribution in [0, 0.1) is 0 Å². The lowest BCUT2D eigenvalue weighted by Gasteiger charge is -2.34. The summed E-state index contributed by atoms with van der Waals surface area (Å²) in [5.41, 5.74) is -1.32. The van der Waals surface area contributed by atoms with E-state index >= 15 is 0 Å². The summed E-state index contributed by atoms with van der Waals surface area (Å²) in [6, 6.07) is 3.13. The molecule has 23 heavy (non-hydrogen) atoms. The summed E-state index contributed by atoms with van der Waals surface area (Å²) in [7, 11) is 0. The van der Waals surface area contributed by atoms with Gasteiger partial charge in [0.2, 0.25) is 5.88 Å². The highest BCUT2D eigenvalue weighted by Crippen LogP contribution is 2.29. The van der Waals surface area contributed by atoms with Crippen molar-refractivity contribution in [3.63, 3.8) is 0 Å². The van der Waals surface area contributed by atoms with Gasteiger partial charge in [-0.05, 0) is 40.7 Å². The Balaban J connectivity index is 2.04. The minimum Gasteiger partial charge on any atom is -0.475 e. The molecule has 0 unspecified atom stereocenters. The summed E-state index contributed by atoms with van der Waals surface area (Å²) in [6.07, 6.45) is 1.09. The second-order valence-electron chi connectivity index (χ2n) is 6.89. The van der Waals surface area contributed by atoms with Crippen molar-refractivity contribution in [3.05, 3.63) is 23.4 Å². The Morgan fingerprint density at radius 3 is 2.74 bits per heavy atom. The predicted molar refractivity (Wildman–Crippen MR) is 86.6 cm³/mol. The fraction of sp³-hybridized carbons (Fsp3) is 0.625. The lowest BCUT2D eigenvalue weighted by molar-refractivity contribution is -0.0637. The number of hydrogen-bond donors (Lipinski definition) is 0. The second kappa shape index (κ2) is 6.53. The first-order valence-electron chi connectivity index (χ1n) is 7.49. The summed E-state index contributed by atoms with van der Waals surface area (Å²) in [5.74, 6) is 0.447. The van der Waals surface area contributed by atoms with Gasteiger partial charge < -0.3 is 14.2 Å². The summed E-state index contributed by atoms with van der Waals surface area (Å²) in [4.78, 5) is 18.1. The average molecular weight is 343 g/mol. The summed E-state index contributed by atoms with van der Waals surface area (Å²) in [5, 5.41) is 0.540. The van der Waals surface area contributed by atoms with E-state index in [4.69, 9.17) is 25.8 Å². The third-order valence-corrected chi connectivity index (χ3v) is 3.51. The maximum atomic E-state index is 12.5. The van der Waals surface area contributed by atoms with E-state index in [1.807, 2.05) is 34.6 Å². The number of halogens is 1. The Morgan fingerprint density at radius 2 is 2.17 bits per heavy atom. The highest BCUT2D eigenvalue weighted by atomic mass is 35.5. The number of pyridine rings is 1. The molecule has 1 aliphatic rings. The molecule has 0 spiro atoms. The predicted octanol–water partition coefficient (Wildman–Crippen LogP) is 3.49. The molecule has 1 aromatic heterocycles. The minimum absolute atomic E-state index is 0.252. The van der Waals surface area contributed by atoms with Crippen LogP contribution in [0.1, 0.15) is 34.6 Å². The van der Waals surface area contributed by atoms with E-state index in [2.05, 4.69) is 4.98 Å². The van der Waals surface area contributed by atoms with Gasteiger partial charge in [-0.1, -0.05) is 11.6 Å². The molecule has 0 N–H and O–H groups in total. The molecule has 1 atom stereocenters. The molecule has 0 radical (unpaired) electrons. The Labute approximate surface area is 141 Å². The average Bonchev–Trinajstić information content (AvgIpc) is 2.71. The first kappa shape index (κ1) is 17.8. The number of carbonyl (C=O) groups excluding carboxylic acids is 1. The van der Waals surface area contributed by atoms with Crippen molar-refractivity contribution in [2.24, 2.45) is 0 Å². The minimum atomic E-state index is -0.746. The molecule has 0 aliphatic carbocycles. The van der Waals surface area contributed by atoms with Gasteiger partial charge in [0.25, 0.3) is 0 Å². The van der Waals surface area contributed by atoms with Crippen LogP contribution < -0.4 is 4.74 Å². The molecule has 2 heterocycles. The number of aromatic nitrogens is 1. The molecule has 1 fully saturated rings. The molecule has 2 rings (SSSR count). The van der Waals surface area contributed by atoms with Crippen LogP contribution in [0.5, 0.6) is 5.88 Å². The molecule has 1 amide bonds. The number of carbonyl (C=O) groups is 1. The quantitative estimate of drug-likeness (QED) is 0.841. The highest BCUT2D eigenvalue weighted by molar-refractivity contribution is 6.30. The van der Waals surface area contributed by atoms with Gasteiger partial charge in [0.05, 0.1) is 17.7 Å². The van der Waals surface area contributed by atoms with Crippen molar-refractivity contribution in [1.82, 2.24) is 9.88 Å². The topological polar surface area (TPSA) is 60.9 Å². The van der Waals surface area contributed by atoms with E-state index in [0.29, 0.717) is 17.5 Å². The number of hydrogen-bond acceptors (Lipinski definition) is 5. The van der Waals surface area contributed by atoms with Gasteiger partial charge in [-0.3, -0.25) is 4.90 Å². The zero-order valence-corrected chi connectivity index (χ0v) is 14.9. The van der Waals surface area contributed by atoms with Crippen molar-refractivity contribution in [3.8, 4) is 5.88 Å². The second-order valence-corrected chi connectivity index (χ2v) is 7.32.